The summed E-state index contributed by atoms with van der Waals surface area (Å²) in [7, 11) is -4.92. The first kappa shape index (κ1) is 13.5. The van der Waals surface area contributed by atoms with Crippen LogP contribution in [0.1, 0.15) is 0 Å². The third-order valence-electron chi connectivity index (χ3n) is 2.54. The van der Waals surface area contributed by atoms with Gasteiger partial charge < -0.3 is 9.84 Å². The van der Waals surface area contributed by atoms with E-state index < -0.39 is 34.4 Å². The van der Waals surface area contributed by atoms with Gasteiger partial charge in [-0.15, -0.1) is 0 Å². The lowest BCUT2D eigenvalue weighted by atomic mass is 10.2. The van der Waals surface area contributed by atoms with E-state index in [4.69, 9.17) is 9.84 Å². The van der Waals surface area contributed by atoms with Crippen LogP contribution in [-0.2, 0) is 14.8 Å². The zero-order chi connectivity index (χ0) is 14.2. The van der Waals surface area contributed by atoms with Gasteiger partial charge in [0.15, 0.2) is 0 Å². The third kappa shape index (κ3) is 2.33. The first-order chi connectivity index (χ1) is 8.84. The standard InChI is InChI=1S/C10H9F2NO5S/c11-10(12)19(16,17)13-5-8(9(14)15)18-7-4-2-1-3-6(7)13/h1-4,8,10H,5H2,(H,14,15). The van der Waals surface area contributed by atoms with Crippen LogP contribution in [0, 0.1) is 0 Å². The first-order valence-electron chi connectivity index (χ1n) is 5.12. The molecule has 0 spiro atoms. The maximum atomic E-state index is 12.6. The molecular weight excluding hydrogens is 284 g/mol. The summed E-state index contributed by atoms with van der Waals surface area (Å²) >= 11 is 0. The lowest BCUT2D eigenvalue weighted by molar-refractivity contribution is -0.144. The number of halogens is 2. The molecule has 0 fully saturated rings. The Bertz CT molecular complexity index is 604. The van der Waals surface area contributed by atoms with Crippen molar-refractivity contribution in [3.05, 3.63) is 24.3 Å². The molecule has 0 saturated heterocycles. The van der Waals surface area contributed by atoms with Gasteiger partial charge in [-0.05, 0) is 12.1 Å². The summed E-state index contributed by atoms with van der Waals surface area (Å²) in [4.78, 5) is 10.9. The first-order valence-corrected chi connectivity index (χ1v) is 6.62. The predicted octanol–water partition coefficient (Wildman–Crippen LogP) is 0.891. The number of alkyl halides is 2. The molecule has 0 aliphatic carbocycles. The average Bonchev–Trinajstić information content (AvgIpc) is 2.37. The zero-order valence-corrected chi connectivity index (χ0v) is 10.2. The monoisotopic (exact) mass is 293 g/mol. The molecule has 1 atom stereocenters. The Labute approximate surface area is 107 Å². The number of hydrogen-bond donors (Lipinski definition) is 1. The van der Waals surface area contributed by atoms with Gasteiger partial charge in [0, 0.05) is 0 Å². The number of para-hydroxylation sites is 2. The summed E-state index contributed by atoms with van der Waals surface area (Å²) in [6.45, 7) is -0.695. The summed E-state index contributed by atoms with van der Waals surface area (Å²) in [6.07, 6.45) is -1.52. The van der Waals surface area contributed by atoms with Crippen molar-refractivity contribution >= 4 is 21.7 Å². The number of ether oxygens (including phenoxy) is 1. The fourth-order valence-electron chi connectivity index (χ4n) is 1.67. The van der Waals surface area contributed by atoms with Crippen molar-refractivity contribution in [2.45, 2.75) is 11.9 Å². The highest BCUT2D eigenvalue weighted by Gasteiger charge is 2.40. The van der Waals surface area contributed by atoms with Crippen molar-refractivity contribution < 1.29 is 31.8 Å². The van der Waals surface area contributed by atoms with E-state index in [0.29, 0.717) is 4.31 Å². The van der Waals surface area contributed by atoms with Crippen LogP contribution < -0.4 is 9.04 Å². The number of carboxylic acids is 1. The Hall–Kier alpha value is -1.90. The molecule has 1 N–H and O–H groups in total. The number of aliphatic carboxylic acids is 1. The zero-order valence-electron chi connectivity index (χ0n) is 9.36. The second-order valence-electron chi connectivity index (χ2n) is 3.75. The molecule has 0 amide bonds. The second-order valence-corrected chi connectivity index (χ2v) is 5.58. The Kier molecular flexibility index (Phi) is 3.31. The van der Waals surface area contributed by atoms with Crippen LogP contribution in [0.4, 0.5) is 14.5 Å². The van der Waals surface area contributed by atoms with Gasteiger partial charge in [0.2, 0.25) is 6.10 Å². The molecule has 1 aromatic rings. The smallest absolute Gasteiger partial charge is 0.355 e. The van der Waals surface area contributed by atoms with E-state index in [-0.39, 0.29) is 11.4 Å². The van der Waals surface area contributed by atoms with E-state index in [1.807, 2.05) is 0 Å². The summed E-state index contributed by atoms with van der Waals surface area (Å²) in [6, 6.07) is 5.51. The van der Waals surface area contributed by atoms with Crippen LogP contribution in [-0.4, -0.2) is 37.9 Å². The highest BCUT2D eigenvalue weighted by atomic mass is 32.2. The second kappa shape index (κ2) is 4.65. The highest BCUT2D eigenvalue weighted by Crippen LogP contribution is 2.36. The molecule has 1 aliphatic heterocycles. The predicted molar refractivity (Wildman–Crippen MR) is 60.8 cm³/mol. The molecule has 6 nitrogen and oxygen atoms in total. The fourth-order valence-corrected chi connectivity index (χ4v) is 2.63. The van der Waals surface area contributed by atoms with Crippen LogP contribution >= 0.6 is 0 Å². The van der Waals surface area contributed by atoms with Gasteiger partial charge in [-0.25, -0.2) is 13.2 Å². The van der Waals surface area contributed by atoms with E-state index in [1.54, 1.807) is 0 Å². The minimum atomic E-state index is -4.92. The maximum Gasteiger partial charge on any atom is 0.355 e. The van der Waals surface area contributed by atoms with Crippen molar-refractivity contribution in [2.75, 3.05) is 10.8 Å². The third-order valence-corrected chi connectivity index (χ3v) is 3.95. The number of sulfonamides is 1. The number of hydrogen-bond acceptors (Lipinski definition) is 4. The van der Waals surface area contributed by atoms with Gasteiger partial charge in [0.05, 0.1) is 12.2 Å². The minimum Gasteiger partial charge on any atom is -0.478 e. The summed E-state index contributed by atoms with van der Waals surface area (Å²) in [5, 5.41) is 8.85. The Balaban J connectivity index is 2.51. The highest BCUT2D eigenvalue weighted by molar-refractivity contribution is 7.93. The van der Waals surface area contributed by atoms with Crippen molar-refractivity contribution in [1.82, 2.24) is 0 Å². The van der Waals surface area contributed by atoms with Crippen LogP contribution in [0.15, 0.2) is 24.3 Å². The molecule has 1 aromatic carbocycles. The van der Waals surface area contributed by atoms with Gasteiger partial charge in [-0.1, -0.05) is 12.1 Å². The van der Waals surface area contributed by atoms with Crippen molar-refractivity contribution in [1.29, 1.82) is 0 Å². The van der Waals surface area contributed by atoms with Gasteiger partial charge in [-0.2, -0.15) is 8.78 Å². The average molecular weight is 293 g/mol. The summed E-state index contributed by atoms with van der Waals surface area (Å²) in [5.41, 5.74) is -0.0969. The normalized spacial score (nSPS) is 18.9. The lowest BCUT2D eigenvalue weighted by Gasteiger charge is -2.33. The molecule has 9 heteroatoms. The van der Waals surface area contributed by atoms with Gasteiger partial charge in [-0.3, -0.25) is 4.31 Å². The van der Waals surface area contributed by atoms with Gasteiger partial charge in [0.1, 0.15) is 5.75 Å². The number of fused-ring (bicyclic) bond motifs is 1. The van der Waals surface area contributed by atoms with E-state index >= 15 is 0 Å². The number of carboxylic acid groups (broad SMARTS) is 1. The molecule has 0 aromatic heterocycles. The molecule has 0 bridgehead atoms. The molecule has 1 aliphatic rings. The molecule has 104 valence electrons. The number of anilines is 1. The Morgan fingerprint density at radius 3 is 2.63 bits per heavy atom. The number of nitrogens with zero attached hydrogens (tertiary/aromatic N) is 1. The maximum absolute atomic E-state index is 12.6. The lowest BCUT2D eigenvalue weighted by Crippen LogP contribution is -2.48. The summed E-state index contributed by atoms with van der Waals surface area (Å²) < 4.78 is 53.7. The number of benzene rings is 1. The summed E-state index contributed by atoms with van der Waals surface area (Å²) in [5.74, 6) is -5.12. The molecule has 19 heavy (non-hydrogen) atoms. The molecule has 2 rings (SSSR count). The van der Waals surface area contributed by atoms with Crippen LogP contribution in [0.2, 0.25) is 0 Å². The van der Waals surface area contributed by atoms with Crippen LogP contribution in [0.5, 0.6) is 5.75 Å². The number of carbonyl (C=O) groups is 1. The Morgan fingerprint density at radius 1 is 1.42 bits per heavy atom. The molecular formula is C10H9F2NO5S. The Morgan fingerprint density at radius 2 is 2.05 bits per heavy atom. The van der Waals surface area contributed by atoms with Crippen LogP contribution in [0.3, 0.4) is 0 Å². The van der Waals surface area contributed by atoms with Crippen molar-refractivity contribution in [3.63, 3.8) is 0 Å². The van der Waals surface area contributed by atoms with E-state index in [1.165, 1.54) is 24.3 Å². The molecule has 0 saturated carbocycles. The van der Waals surface area contributed by atoms with E-state index in [2.05, 4.69) is 0 Å². The molecule has 0 radical (unpaired) electrons. The SMILES string of the molecule is O=C(O)C1CN(S(=O)(=O)C(F)F)c2ccccc2O1. The topological polar surface area (TPSA) is 83.9 Å². The molecule has 1 heterocycles. The largest absolute Gasteiger partial charge is 0.478 e. The quantitative estimate of drug-likeness (QED) is 0.894. The minimum absolute atomic E-state index is 0.0645. The molecule has 1 unspecified atom stereocenters. The number of rotatable bonds is 3. The fraction of sp³-hybridized carbons (Fsp3) is 0.300. The van der Waals surface area contributed by atoms with E-state index in [9.17, 15) is 22.0 Å². The van der Waals surface area contributed by atoms with Gasteiger partial charge >= 0.3 is 11.7 Å². The van der Waals surface area contributed by atoms with Crippen molar-refractivity contribution in [3.8, 4) is 5.75 Å². The van der Waals surface area contributed by atoms with Crippen molar-refractivity contribution in [2.24, 2.45) is 0 Å². The van der Waals surface area contributed by atoms with Crippen LogP contribution in [0.25, 0.3) is 0 Å². The van der Waals surface area contributed by atoms with Gasteiger partial charge in [0.25, 0.3) is 10.0 Å². The van der Waals surface area contributed by atoms with E-state index in [0.717, 1.165) is 0 Å².